The molecule has 0 saturated carbocycles. The molecule has 3 N–H and O–H groups in total. The van der Waals surface area contributed by atoms with Crippen molar-refractivity contribution >= 4 is 11.9 Å². The largest absolute Gasteiger partial charge is 0.460 e. The lowest BCUT2D eigenvalue weighted by Gasteiger charge is -2.10. The Morgan fingerprint density at radius 2 is 1.00 bits per heavy atom. The first-order valence-electron chi connectivity index (χ1n) is 13.1. The van der Waals surface area contributed by atoms with E-state index in [4.69, 9.17) is 9.47 Å². The number of carbonyl (C=O) groups is 2. The van der Waals surface area contributed by atoms with Crippen LogP contribution in [0.3, 0.4) is 0 Å². The van der Waals surface area contributed by atoms with Crippen molar-refractivity contribution in [3.05, 3.63) is 24.3 Å². The molecule has 0 saturated heterocycles. The third-order valence-electron chi connectivity index (χ3n) is 5.60. The molecule has 0 aromatic rings. The zero-order valence-electron chi connectivity index (χ0n) is 21.3. The van der Waals surface area contributed by atoms with Crippen LogP contribution in [-0.4, -0.2) is 58.8 Å². The smallest absolute Gasteiger partial charge is 0.330 e. The Balaban J connectivity index is 3.66. The van der Waals surface area contributed by atoms with Crippen LogP contribution < -0.4 is 0 Å². The molecular formula is C27H48O7. The molecule has 198 valence electrons. The van der Waals surface area contributed by atoms with Gasteiger partial charge in [-0.05, 0) is 51.4 Å². The highest BCUT2D eigenvalue weighted by Crippen LogP contribution is 2.10. The highest BCUT2D eigenvalue weighted by atomic mass is 16.6. The molecule has 0 fully saturated rings. The average molecular weight is 485 g/mol. The Morgan fingerprint density at radius 3 is 1.38 bits per heavy atom. The molecule has 0 heterocycles. The molecule has 0 aliphatic carbocycles. The Morgan fingerprint density at radius 1 is 0.618 bits per heavy atom. The van der Waals surface area contributed by atoms with Crippen molar-refractivity contribution < 1.29 is 34.4 Å². The van der Waals surface area contributed by atoms with Crippen LogP contribution in [0.25, 0.3) is 0 Å². The highest BCUT2D eigenvalue weighted by Gasteiger charge is 2.09. The number of aliphatic hydroxyl groups is 3. The zero-order chi connectivity index (χ0) is 25.4. The summed E-state index contributed by atoms with van der Waals surface area (Å²) in [4.78, 5) is 23.3. The standard InChI is InChI=1S/C27H48O7/c1-3-23(28)17-13-9-5-7-11-15-19-26(31)33-21-25(30)22-34-27(32)20-16-12-8-6-10-14-18-24(29)4-2/h15-16,19-20,23-25,28-30H,3-14,17-18,21-22H2,1-2H3/b19-15+,20-16+. The molecule has 0 aromatic heterocycles. The summed E-state index contributed by atoms with van der Waals surface area (Å²) >= 11 is 0. The summed E-state index contributed by atoms with van der Waals surface area (Å²) in [6.45, 7) is 3.50. The fourth-order valence-corrected chi connectivity index (χ4v) is 3.26. The first-order valence-corrected chi connectivity index (χ1v) is 13.1. The summed E-state index contributed by atoms with van der Waals surface area (Å²) in [6, 6.07) is 0. The van der Waals surface area contributed by atoms with Crippen LogP contribution in [0, 0.1) is 0 Å². The fourth-order valence-electron chi connectivity index (χ4n) is 3.26. The third kappa shape index (κ3) is 22.1. The molecule has 2 unspecified atom stereocenters. The molecule has 0 spiro atoms. The number of carbonyl (C=O) groups excluding carboxylic acids is 2. The van der Waals surface area contributed by atoms with E-state index < -0.39 is 18.0 Å². The number of esters is 2. The lowest BCUT2D eigenvalue weighted by molar-refractivity contribution is -0.146. The fraction of sp³-hybridized carbons (Fsp3) is 0.778. The first-order chi connectivity index (χ1) is 16.4. The normalized spacial score (nSPS) is 14.4. The van der Waals surface area contributed by atoms with Crippen LogP contribution in [0.5, 0.6) is 0 Å². The molecule has 0 aliphatic rings. The van der Waals surface area contributed by atoms with Crippen LogP contribution in [0.15, 0.2) is 24.3 Å². The highest BCUT2D eigenvalue weighted by molar-refractivity contribution is 5.82. The second-order valence-electron chi connectivity index (χ2n) is 8.83. The topological polar surface area (TPSA) is 113 Å². The molecule has 0 aromatic carbocycles. The minimum atomic E-state index is -1.06. The van der Waals surface area contributed by atoms with E-state index in [1.54, 1.807) is 12.2 Å². The van der Waals surface area contributed by atoms with Gasteiger partial charge in [-0.2, -0.15) is 0 Å². The van der Waals surface area contributed by atoms with Gasteiger partial charge in [0.2, 0.25) is 0 Å². The number of hydrogen-bond acceptors (Lipinski definition) is 7. The summed E-state index contributed by atoms with van der Waals surface area (Å²) in [7, 11) is 0. The minimum absolute atomic E-state index is 0.192. The Hall–Kier alpha value is -1.70. The van der Waals surface area contributed by atoms with Gasteiger partial charge in [-0.3, -0.25) is 0 Å². The Bertz CT molecular complexity index is 511. The second kappa shape index (κ2) is 23.1. The summed E-state index contributed by atoms with van der Waals surface area (Å²) in [5.41, 5.74) is 0. The van der Waals surface area contributed by atoms with Gasteiger partial charge in [0, 0.05) is 12.2 Å². The van der Waals surface area contributed by atoms with E-state index in [1.807, 2.05) is 13.8 Å². The van der Waals surface area contributed by atoms with Crippen molar-refractivity contribution in [1.82, 2.24) is 0 Å². The summed E-state index contributed by atoms with van der Waals surface area (Å²) in [5, 5.41) is 28.8. The second-order valence-corrected chi connectivity index (χ2v) is 8.83. The first kappa shape index (κ1) is 32.3. The van der Waals surface area contributed by atoms with Gasteiger partial charge in [-0.1, -0.05) is 64.5 Å². The molecule has 7 heteroatoms. The van der Waals surface area contributed by atoms with E-state index in [2.05, 4.69) is 0 Å². The molecule has 0 radical (unpaired) electrons. The van der Waals surface area contributed by atoms with Gasteiger partial charge in [-0.25, -0.2) is 9.59 Å². The maximum Gasteiger partial charge on any atom is 0.330 e. The maximum atomic E-state index is 11.7. The SMILES string of the molecule is CCC(O)CCCCCC/C=C/C(=O)OCC(O)COC(=O)/C=C/CCCCCCC(O)CC. The number of hydrogen-bond donors (Lipinski definition) is 3. The third-order valence-corrected chi connectivity index (χ3v) is 5.60. The van der Waals surface area contributed by atoms with Crippen molar-refractivity contribution in [2.75, 3.05) is 13.2 Å². The molecular weight excluding hydrogens is 436 g/mol. The van der Waals surface area contributed by atoms with E-state index in [1.165, 1.54) is 12.2 Å². The monoisotopic (exact) mass is 484 g/mol. The molecule has 0 bridgehead atoms. The number of unbranched alkanes of at least 4 members (excludes halogenated alkanes) is 8. The van der Waals surface area contributed by atoms with Crippen LogP contribution in [-0.2, 0) is 19.1 Å². The van der Waals surface area contributed by atoms with Crippen molar-refractivity contribution in [1.29, 1.82) is 0 Å². The lowest BCUT2D eigenvalue weighted by Crippen LogP contribution is -2.24. The molecule has 34 heavy (non-hydrogen) atoms. The average Bonchev–Trinajstić information content (AvgIpc) is 2.84. The zero-order valence-corrected chi connectivity index (χ0v) is 21.3. The summed E-state index contributed by atoms with van der Waals surface area (Å²) in [5.74, 6) is -1.05. The van der Waals surface area contributed by atoms with Gasteiger partial charge in [0.1, 0.15) is 19.3 Å². The molecule has 0 rings (SSSR count). The molecule has 0 amide bonds. The van der Waals surface area contributed by atoms with E-state index in [-0.39, 0.29) is 25.4 Å². The summed E-state index contributed by atoms with van der Waals surface area (Å²) < 4.78 is 9.92. The number of aliphatic hydroxyl groups excluding tert-OH is 3. The quantitative estimate of drug-likeness (QED) is 0.115. The number of rotatable bonds is 22. The van der Waals surface area contributed by atoms with Gasteiger partial charge >= 0.3 is 11.9 Å². The van der Waals surface area contributed by atoms with Gasteiger partial charge in [0.05, 0.1) is 12.2 Å². The maximum absolute atomic E-state index is 11.7. The van der Waals surface area contributed by atoms with Crippen molar-refractivity contribution in [3.8, 4) is 0 Å². The molecule has 2 atom stereocenters. The van der Waals surface area contributed by atoms with Gasteiger partial charge < -0.3 is 24.8 Å². The van der Waals surface area contributed by atoms with Gasteiger partial charge in [0.15, 0.2) is 0 Å². The van der Waals surface area contributed by atoms with Gasteiger partial charge in [-0.15, -0.1) is 0 Å². The predicted molar refractivity (Wildman–Crippen MR) is 134 cm³/mol. The van der Waals surface area contributed by atoms with Crippen LogP contribution in [0.4, 0.5) is 0 Å². The lowest BCUT2D eigenvalue weighted by atomic mass is 10.1. The number of ether oxygens (including phenoxy) is 2. The van der Waals surface area contributed by atoms with Crippen molar-refractivity contribution in [3.63, 3.8) is 0 Å². The van der Waals surface area contributed by atoms with Crippen LogP contribution in [0.1, 0.15) is 104 Å². The summed E-state index contributed by atoms with van der Waals surface area (Å²) in [6.07, 6.45) is 17.9. The van der Waals surface area contributed by atoms with E-state index in [0.29, 0.717) is 0 Å². The van der Waals surface area contributed by atoms with E-state index >= 15 is 0 Å². The minimum Gasteiger partial charge on any atom is -0.460 e. The number of allylic oxidation sites excluding steroid dienone is 2. The molecule has 0 aliphatic heterocycles. The molecule has 7 nitrogen and oxygen atoms in total. The van der Waals surface area contributed by atoms with Crippen molar-refractivity contribution in [2.45, 2.75) is 122 Å². The van der Waals surface area contributed by atoms with Gasteiger partial charge in [0.25, 0.3) is 0 Å². The Labute approximate surface area is 206 Å². The Kier molecular flexibility index (Phi) is 21.9. The van der Waals surface area contributed by atoms with Crippen LogP contribution in [0.2, 0.25) is 0 Å². The van der Waals surface area contributed by atoms with Crippen molar-refractivity contribution in [2.24, 2.45) is 0 Å². The van der Waals surface area contributed by atoms with Crippen LogP contribution >= 0.6 is 0 Å². The predicted octanol–water partition coefficient (Wildman–Crippen LogP) is 4.77. The van der Waals surface area contributed by atoms with E-state index in [0.717, 1.165) is 89.9 Å². The van der Waals surface area contributed by atoms with E-state index in [9.17, 15) is 24.9 Å².